The number of fused-ring (bicyclic) bond motifs is 1. The van der Waals surface area contributed by atoms with Crippen LogP contribution in [-0.2, 0) is 4.74 Å². The van der Waals surface area contributed by atoms with E-state index in [2.05, 4.69) is 26.8 Å². The highest BCUT2D eigenvalue weighted by Crippen LogP contribution is 2.31. The van der Waals surface area contributed by atoms with E-state index in [1.807, 2.05) is 0 Å². The van der Waals surface area contributed by atoms with Gasteiger partial charge in [-0.15, -0.1) is 0 Å². The number of nitrogens with zero attached hydrogens (tertiary/aromatic N) is 4. The molecule has 3 heterocycles. The van der Waals surface area contributed by atoms with E-state index in [0.717, 1.165) is 0 Å². The summed E-state index contributed by atoms with van der Waals surface area (Å²) in [6, 6.07) is 0. The van der Waals surface area contributed by atoms with Gasteiger partial charge in [0.25, 0.3) is 0 Å². The van der Waals surface area contributed by atoms with Crippen LogP contribution in [0.4, 0.5) is 5.82 Å². The Hall–Kier alpha value is -2.03. The third-order valence-corrected chi connectivity index (χ3v) is 3.29. The minimum atomic E-state index is -0.699. The van der Waals surface area contributed by atoms with Gasteiger partial charge in [-0.25, -0.2) is 15.0 Å². The molecule has 2 aromatic heterocycles. The number of aliphatic hydroxyl groups excluding tert-OH is 2. The van der Waals surface area contributed by atoms with Gasteiger partial charge in [0.15, 0.2) is 17.0 Å². The summed E-state index contributed by atoms with van der Waals surface area (Å²) in [5.74, 6) is 0.556. The summed E-state index contributed by atoms with van der Waals surface area (Å²) in [6.45, 7) is 3.37. The maximum atomic E-state index is 9.79. The Balaban J connectivity index is 1.97. The molecule has 0 aromatic carbocycles. The summed E-state index contributed by atoms with van der Waals surface area (Å²) in [4.78, 5) is 12.5. The predicted octanol–water partition coefficient (Wildman–Crippen LogP) is 0.0224. The van der Waals surface area contributed by atoms with Gasteiger partial charge < -0.3 is 20.3 Å². The second kappa shape index (κ2) is 5.16. The molecule has 3 rings (SSSR count). The SMILES string of the molecule is C=CNc1ncnc2c1ncn2[C@H]1CC(O)[C@@H](CO)O1. The molecule has 0 saturated carbocycles. The molecule has 8 nitrogen and oxygen atoms in total. The average Bonchev–Trinajstić information content (AvgIpc) is 3.03. The highest BCUT2D eigenvalue weighted by Gasteiger charge is 2.35. The molecule has 3 atom stereocenters. The Kier molecular flexibility index (Phi) is 3.35. The molecular formula is C12H15N5O3. The number of hydrogen-bond acceptors (Lipinski definition) is 7. The number of aliphatic hydroxyl groups is 2. The van der Waals surface area contributed by atoms with E-state index in [1.165, 1.54) is 12.5 Å². The van der Waals surface area contributed by atoms with E-state index in [-0.39, 0.29) is 6.61 Å². The maximum Gasteiger partial charge on any atom is 0.167 e. The van der Waals surface area contributed by atoms with Crippen molar-refractivity contribution < 1.29 is 14.9 Å². The van der Waals surface area contributed by atoms with Crippen molar-refractivity contribution in [3.63, 3.8) is 0 Å². The summed E-state index contributed by atoms with van der Waals surface area (Å²) in [7, 11) is 0. The Bertz CT molecular complexity index is 629. The van der Waals surface area contributed by atoms with Crippen LogP contribution in [0.5, 0.6) is 0 Å². The first-order chi connectivity index (χ1) is 9.74. The predicted molar refractivity (Wildman–Crippen MR) is 70.8 cm³/mol. The largest absolute Gasteiger partial charge is 0.394 e. The zero-order valence-corrected chi connectivity index (χ0v) is 10.7. The zero-order chi connectivity index (χ0) is 14.1. The van der Waals surface area contributed by atoms with Gasteiger partial charge in [-0.3, -0.25) is 4.57 Å². The molecule has 106 valence electrons. The van der Waals surface area contributed by atoms with E-state index in [0.29, 0.717) is 23.4 Å². The van der Waals surface area contributed by atoms with E-state index in [4.69, 9.17) is 9.84 Å². The number of aromatic nitrogens is 4. The molecule has 1 fully saturated rings. The summed E-state index contributed by atoms with van der Waals surface area (Å²) in [5.41, 5.74) is 1.19. The number of ether oxygens (including phenoxy) is 1. The molecule has 0 spiro atoms. The zero-order valence-electron chi connectivity index (χ0n) is 10.7. The maximum absolute atomic E-state index is 9.79. The van der Waals surface area contributed by atoms with Gasteiger partial charge in [-0.05, 0) is 6.20 Å². The number of rotatable bonds is 4. The third-order valence-electron chi connectivity index (χ3n) is 3.29. The van der Waals surface area contributed by atoms with Crippen LogP contribution in [0.15, 0.2) is 25.4 Å². The van der Waals surface area contributed by atoms with Gasteiger partial charge in [0.1, 0.15) is 18.7 Å². The van der Waals surface area contributed by atoms with Crippen molar-refractivity contribution >= 4 is 17.0 Å². The molecule has 3 N–H and O–H groups in total. The van der Waals surface area contributed by atoms with Crippen molar-refractivity contribution in [1.82, 2.24) is 19.5 Å². The van der Waals surface area contributed by atoms with E-state index in [1.54, 1.807) is 10.9 Å². The fourth-order valence-corrected chi connectivity index (χ4v) is 2.32. The van der Waals surface area contributed by atoms with Gasteiger partial charge in [0, 0.05) is 6.42 Å². The minimum Gasteiger partial charge on any atom is -0.394 e. The van der Waals surface area contributed by atoms with Crippen LogP contribution in [0.1, 0.15) is 12.6 Å². The Labute approximate surface area is 114 Å². The first kappa shape index (κ1) is 13.0. The normalized spacial score (nSPS) is 26.0. The third kappa shape index (κ3) is 2.03. The highest BCUT2D eigenvalue weighted by atomic mass is 16.5. The van der Waals surface area contributed by atoms with Crippen LogP contribution in [0.3, 0.4) is 0 Å². The van der Waals surface area contributed by atoms with Gasteiger partial charge in [-0.2, -0.15) is 0 Å². The van der Waals surface area contributed by atoms with E-state index in [9.17, 15) is 5.11 Å². The average molecular weight is 277 g/mol. The van der Waals surface area contributed by atoms with Crippen LogP contribution >= 0.6 is 0 Å². The molecule has 0 aliphatic carbocycles. The van der Waals surface area contributed by atoms with Gasteiger partial charge in [0.2, 0.25) is 0 Å². The Morgan fingerprint density at radius 2 is 2.35 bits per heavy atom. The van der Waals surface area contributed by atoms with Gasteiger partial charge in [0.05, 0.1) is 19.0 Å². The van der Waals surface area contributed by atoms with Crippen molar-refractivity contribution in [1.29, 1.82) is 0 Å². The first-order valence-electron chi connectivity index (χ1n) is 6.24. The van der Waals surface area contributed by atoms with Crippen molar-refractivity contribution in [2.75, 3.05) is 11.9 Å². The lowest BCUT2D eigenvalue weighted by molar-refractivity contribution is -0.0432. The molecule has 1 aliphatic heterocycles. The molecule has 0 amide bonds. The monoisotopic (exact) mass is 277 g/mol. The van der Waals surface area contributed by atoms with E-state index >= 15 is 0 Å². The lowest BCUT2D eigenvalue weighted by atomic mass is 10.2. The summed E-state index contributed by atoms with van der Waals surface area (Å²) < 4.78 is 7.32. The quantitative estimate of drug-likeness (QED) is 0.723. The van der Waals surface area contributed by atoms with Crippen LogP contribution in [0.25, 0.3) is 11.2 Å². The molecule has 0 radical (unpaired) electrons. The van der Waals surface area contributed by atoms with Crippen molar-refractivity contribution in [3.8, 4) is 0 Å². The minimum absolute atomic E-state index is 0.220. The standard InChI is InChI=1S/C12H15N5O3/c1-2-13-11-10-12(15-5-14-11)17(6-16-10)9-3-7(19)8(4-18)20-9/h2,5-9,18-19H,1,3-4H2,(H,13,14,15)/t7?,8-,9-/m1/s1. The topological polar surface area (TPSA) is 105 Å². The number of hydrogen-bond donors (Lipinski definition) is 3. The van der Waals surface area contributed by atoms with Crippen LogP contribution in [0, 0.1) is 0 Å². The smallest absolute Gasteiger partial charge is 0.167 e. The molecule has 2 aromatic rings. The number of imidazole rings is 1. The van der Waals surface area contributed by atoms with Gasteiger partial charge in [-0.1, -0.05) is 6.58 Å². The summed E-state index contributed by atoms with van der Waals surface area (Å²) in [6.07, 6.45) is 3.22. The highest BCUT2D eigenvalue weighted by molar-refractivity contribution is 5.83. The molecular weight excluding hydrogens is 262 g/mol. The van der Waals surface area contributed by atoms with Crippen molar-refractivity contribution in [2.45, 2.75) is 24.9 Å². The Morgan fingerprint density at radius 3 is 3.05 bits per heavy atom. The molecule has 1 unspecified atom stereocenters. The molecule has 0 bridgehead atoms. The summed E-state index contributed by atoms with van der Waals surface area (Å²) >= 11 is 0. The lowest BCUT2D eigenvalue weighted by Gasteiger charge is -2.13. The van der Waals surface area contributed by atoms with Crippen LogP contribution in [-0.4, -0.2) is 48.5 Å². The number of nitrogens with one attached hydrogen (secondary N) is 1. The van der Waals surface area contributed by atoms with Crippen LogP contribution in [0.2, 0.25) is 0 Å². The number of anilines is 1. The Morgan fingerprint density at radius 1 is 1.50 bits per heavy atom. The van der Waals surface area contributed by atoms with Crippen molar-refractivity contribution in [3.05, 3.63) is 25.4 Å². The van der Waals surface area contributed by atoms with Gasteiger partial charge >= 0.3 is 0 Å². The second-order valence-corrected chi connectivity index (χ2v) is 4.51. The van der Waals surface area contributed by atoms with Crippen molar-refractivity contribution in [2.24, 2.45) is 0 Å². The first-order valence-corrected chi connectivity index (χ1v) is 6.24. The fraction of sp³-hybridized carbons (Fsp3) is 0.417. The fourth-order valence-electron chi connectivity index (χ4n) is 2.32. The molecule has 1 aliphatic rings. The van der Waals surface area contributed by atoms with E-state index < -0.39 is 18.4 Å². The molecule has 1 saturated heterocycles. The summed E-state index contributed by atoms with van der Waals surface area (Å²) in [5, 5.41) is 21.8. The molecule has 8 heteroatoms. The van der Waals surface area contributed by atoms with Crippen LogP contribution < -0.4 is 5.32 Å². The molecule has 20 heavy (non-hydrogen) atoms. The lowest BCUT2D eigenvalue weighted by Crippen LogP contribution is -2.24. The second-order valence-electron chi connectivity index (χ2n) is 4.51.